The molecule has 6 N–H and O–H groups in total. The maximum atomic E-state index is 12.6. The van der Waals surface area contributed by atoms with Crippen molar-refractivity contribution in [2.75, 3.05) is 26.4 Å². The number of allylic oxidation sites excluding steroid dienone is 8. The van der Waals surface area contributed by atoms with Gasteiger partial charge in [-0.1, -0.05) is 107 Å². The highest BCUT2D eigenvalue weighted by atomic mass is 31.2. The summed E-state index contributed by atoms with van der Waals surface area (Å²) in [6.45, 7) is 3.21. The third-order valence-corrected chi connectivity index (χ3v) is 10.2. The van der Waals surface area contributed by atoms with Crippen molar-refractivity contribution in [3.8, 4) is 0 Å². The normalized spacial score (nSPS) is 21.2. The standard InChI is InChI=1S/C43H74NO12P/c1-3-5-7-8-9-10-11-12-13-14-15-16-17-18-24-28-42(48)55-37(35-54-57(50,51)53-32-31-44)34-52-41(47)27-23-20-19-22-26-38-39(46)33-43(49)56-40(38)30-29-36(45)25-21-6-4-2/h9-10,12-13,15-16,19,22,29-30,36-40,43,45-46,49H,3-8,11,14,17-18,20-21,23-28,31-35,44H2,1-2H3,(H,50,51)/b10-9-,13-12-,16-15-,22-19-,30-29+/t36-,37+,38-,39-,40+,43?/m0/s1. The number of aliphatic hydroxyl groups is 3. The molecule has 14 heteroatoms. The van der Waals surface area contributed by atoms with Crippen molar-refractivity contribution < 1.29 is 57.6 Å². The van der Waals surface area contributed by atoms with Crippen LogP contribution in [0, 0.1) is 5.92 Å². The summed E-state index contributed by atoms with van der Waals surface area (Å²) < 4.78 is 38.3. The Labute approximate surface area is 342 Å². The smallest absolute Gasteiger partial charge is 0.462 e. The molecule has 0 aromatic rings. The van der Waals surface area contributed by atoms with Gasteiger partial charge in [0.2, 0.25) is 0 Å². The number of ether oxygens (including phenoxy) is 3. The molecule has 0 aromatic carbocycles. The van der Waals surface area contributed by atoms with Crippen LogP contribution < -0.4 is 5.73 Å². The minimum atomic E-state index is -4.46. The van der Waals surface area contributed by atoms with Crippen molar-refractivity contribution in [3.05, 3.63) is 60.8 Å². The summed E-state index contributed by atoms with van der Waals surface area (Å²) in [7, 11) is -4.46. The lowest BCUT2D eigenvalue weighted by Crippen LogP contribution is -2.43. The summed E-state index contributed by atoms with van der Waals surface area (Å²) in [5.41, 5.74) is 5.33. The molecule has 0 amide bonds. The van der Waals surface area contributed by atoms with E-state index in [0.717, 1.165) is 51.4 Å². The molecule has 7 atom stereocenters. The van der Waals surface area contributed by atoms with Crippen LogP contribution in [-0.2, 0) is 37.4 Å². The van der Waals surface area contributed by atoms with Gasteiger partial charge in [-0.05, 0) is 70.6 Å². The van der Waals surface area contributed by atoms with Crippen LogP contribution in [0.4, 0.5) is 0 Å². The maximum absolute atomic E-state index is 12.6. The van der Waals surface area contributed by atoms with Crippen molar-refractivity contribution in [2.45, 2.75) is 167 Å². The van der Waals surface area contributed by atoms with E-state index in [4.69, 9.17) is 29.0 Å². The number of carbonyl (C=O) groups excluding carboxylic acids is 2. The summed E-state index contributed by atoms with van der Waals surface area (Å²) >= 11 is 0. The number of aliphatic hydroxyl groups excluding tert-OH is 3. The van der Waals surface area contributed by atoms with Gasteiger partial charge in [-0.15, -0.1) is 0 Å². The number of hydrogen-bond acceptors (Lipinski definition) is 12. The van der Waals surface area contributed by atoms with Gasteiger partial charge in [-0.3, -0.25) is 18.6 Å². The van der Waals surface area contributed by atoms with Crippen molar-refractivity contribution in [2.24, 2.45) is 11.7 Å². The van der Waals surface area contributed by atoms with E-state index in [1.807, 2.05) is 12.2 Å². The van der Waals surface area contributed by atoms with E-state index in [1.165, 1.54) is 19.3 Å². The minimum Gasteiger partial charge on any atom is -0.462 e. The fourth-order valence-corrected chi connectivity index (χ4v) is 6.68. The third kappa shape index (κ3) is 29.4. The van der Waals surface area contributed by atoms with Gasteiger partial charge in [-0.25, -0.2) is 4.57 Å². The number of phosphoric ester groups is 1. The van der Waals surface area contributed by atoms with Gasteiger partial charge < -0.3 is 40.2 Å². The van der Waals surface area contributed by atoms with Crippen LogP contribution in [0.15, 0.2) is 60.8 Å². The van der Waals surface area contributed by atoms with E-state index in [1.54, 1.807) is 12.2 Å². The van der Waals surface area contributed by atoms with Crippen LogP contribution in [0.2, 0.25) is 0 Å². The van der Waals surface area contributed by atoms with Crippen molar-refractivity contribution in [1.29, 1.82) is 0 Å². The molecule has 0 bridgehead atoms. The van der Waals surface area contributed by atoms with Crippen LogP contribution in [0.3, 0.4) is 0 Å². The molecule has 0 radical (unpaired) electrons. The SMILES string of the molecule is CCCCC/C=C\C/C=C\C/C=C\CCCCC(=O)O[C@H](COC(=O)CCC/C=C\C[C@H]1[C@@H](O)CC(O)O[C@@H]1/C=C/[C@@H](O)CCCCC)COP(=O)(O)OCCN. The molecule has 0 aliphatic carbocycles. The Morgan fingerprint density at radius 2 is 1.42 bits per heavy atom. The predicted molar refractivity (Wildman–Crippen MR) is 223 cm³/mol. The Morgan fingerprint density at radius 1 is 0.807 bits per heavy atom. The summed E-state index contributed by atoms with van der Waals surface area (Å²) in [5.74, 6) is -1.39. The summed E-state index contributed by atoms with van der Waals surface area (Å²) in [5, 5.41) is 30.9. The molecule has 328 valence electrons. The molecule has 1 aliphatic heterocycles. The second-order valence-electron chi connectivity index (χ2n) is 14.4. The van der Waals surface area contributed by atoms with Gasteiger partial charge in [0.1, 0.15) is 6.61 Å². The first-order valence-electron chi connectivity index (χ1n) is 21.2. The minimum absolute atomic E-state index is 0.00504. The predicted octanol–water partition coefficient (Wildman–Crippen LogP) is 7.82. The maximum Gasteiger partial charge on any atom is 0.472 e. The molecule has 1 fully saturated rings. The summed E-state index contributed by atoms with van der Waals surface area (Å²) in [4.78, 5) is 35.0. The van der Waals surface area contributed by atoms with Crippen LogP contribution >= 0.6 is 7.82 Å². The molecule has 13 nitrogen and oxygen atoms in total. The number of hydrogen-bond donors (Lipinski definition) is 5. The van der Waals surface area contributed by atoms with Gasteiger partial charge in [0.15, 0.2) is 12.4 Å². The first-order chi connectivity index (χ1) is 27.5. The second kappa shape index (κ2) is 34.4. The van der Waals surface area contributed by atoms with E-state index in [-0.39, 0.29) is 44.9 Å². The van der Waals surface area contributed by atoms with Crippen LogP contribution in [0.25, 0.3) is 0 Å². The fraction of sp³-hybridized carbons (Fsp3) is 0.721. The molecule has 1 saturated heterocycles. The highest BCUT2D eigenvalue weighted by Gasteiger charge is 2.35. The zero-order valence-corrected chi connectivity index (χ0v) is 35.5. The Hall–Kier alpha value is -2.45. The third-order valence-electron chi connectivity index (χ3n) is 9.17. The number of carbonyl (C=O) groups is 2. The monoisotopic (exact) mass is 827 g/mol. The molecule has 1 rings (SSSR count). The fourth-order valence-electron chi connectivity index (χ4n) is 5.91. The molecular formula is C43H74NO12P. The highest BCUT2D eigenvalue weighted by Crippen LogP contribution is 2.43. The number of rotatable bonds is 34. The molecule has 0 spiro atoms. The quantitative estimate of drug-likeness (QED) is 0.0182. The Morgan fingerprint density at radius 3 is 2.11 bits per heavy atom. The summed E-state index contributed by atoms with van der Waals surface area (Å²) in [6, 6.07) is 0. The van der Waals surface area contributed by atoms with E-state index >= 15 is 0 Å². The molecule has 0 saturated carbocycles. The van der Waals surface area contributed by atoms with Gasteiger partial charge >= 0.3 is 19.8 Å². The Kier molecular flexibility index (Phi) is 31.7. The number of unbranched alkanes of at least 4 members (excludes halogenated alkanes) is 8. The molecule has 57 heavy (non-hydrogen) atoms. The number of phosphoric acid groups is 1. The lowest BCUT2D eigenvalue weighted by Gasteiger charge is -2.36. The van der Waals surface area contributed by atoms with Crippen LogP contribution in [0.5, 0.6) is 0 Å². The topological polar surface area (TPSA) is 204 Å². The van der Waals surface area contributed by atoms with Gasteiger partial charge in [0.05, 0.1) is 31.5 Å². The lowest BCUT2D eigenvalue weighted by atomic mass is 9.87. The largest absolute Gasteiger partial charge is 0.472 e. The van der Waals surface area contributed by atoms with Crippen LogP contribution in [-0.4, -0.2) is 89.2 Å². The van der Waals surface area contributed by atoms with Gasteiger partial charge in [0, 0.05) is 31.7 Å². The lowest BCUT2D eigenvalue weighted by molar-refractivity contribution is -0.199. The first kappa shape index (κ1) is 52.6. The molecule has 0 aromatic heterocycles. The molecule has 1 aliphatic rings. The molecule has 2 unspecified atom stereocenters. The average molecular weight is 828 g/mol. The Bertz CT molecular complexity index is 1240. The van der Waals surface area contributed by atoms with E-state index in [2.05, 4.69) is 50.3 Å². The van der Waals surface area contributed by atoms with E-state index in [0.29, 0.717) is 32.1 Å². The van der Waals surface area contributed by atoms with Crippen LogP contribution in [0.1, 0.15) is 136 Å². The van der Waals surface area contributed by atoms with E-state index in [9.17, 15) is 34.4 Å². The summed E-state index contributed by atoms with van der Waals surface area (Å²) in [6.07, 6.45) is 30.2. The highest BCUT2D eigenvalue weighted by molar-refractivity contribution is 7.47. The molecule has 1 heterocycles. The zero-order chi connectivity index (χ0) is 42.0. The molecular weight excluding hydrogens is 753 g/mol. The van der Waals surface area contributed by atoms with Gasteiger partial charge in [-0.2, -0.15) is 0 Å². The van der Waals surface area contributed by atoms with Gasteiger partial charge in [0.25, 0.3) is 0 Å². The zero-order valence-electron chi connectivity index (χ0n) is 34.6. The Balaban J connectivity index is 2.49. The van der Waals surface area contributed by atoms with Crippen molar-refractivity contribution in [3.63, 3.8) is 0 Å². The van der Waals surface area contributed by atoms with Crippen molar-refractivity contribution in [1.82, 2.24) is 0 Å². The van der Waals surface area contributed by atoms with E-state index < -0.39 is 57.1 Å². The number of nitrogens with two attached hydrogens (primary N) is 1. The number of esters is 2. The van der Waals surface area contributed by atoms with Crippen molar-refractivity contribution >= 4 is 19.8 Å². The average Bonchev–Trinajstić information content (AvgIpc) is 3.17. The second-order valence-corrected chi connectivity index (χ2v) is 15.8. The first-order valence-corrected chi connectivity index (χ1v) is 22.7.